The van der Waals surface area contributed by atoms with Gasteiger partial charge in [0.15, 0.2) is 0 Å². The fourth-order valence-corrected chi connectivity index (χ4v) is 2.76. The van der Waals surface area contributed by atoms with Gasteiger partial charge in [-0.1, -0.05) is 23.2 Å². The van der Waals surface area contributed by atoms with E-state index in [9.17, 15) is 0 Å². The number of fused-ring (bicyclic) bond motifs is 1. The second kappa shape index (κ2) is 2.91. The Bertz CT molecular complexity index is 431. The molecule has 0 amide bonds. The molecule has 0 unspecified atom stereocenters. The molecular formula is C9H6Cl2S. The van der Waals surface area contributed by atoms with Gasteiger partial charge in [0.2, 0.25) is 0 Å². The Labute approximate surface area is 84.7 Å². The van der Waals surface area contributed by atoms with Crippen LogP contribution >= 0.6 is 34.5 Å². The van der Waals surface area contributed by atoms with Crippen molar-refractivity contribution < 1.29 is 0 Å². The molecule has 0 bridgehead atoms. The number of hydrogen-bond donors (Lipinski definition) is 0. The Balaban J connectivity index is 2.97. The zero-order chi connectivity index (χ0) is 8.72. The minimum absolute atomic E-state index is 0.738. The number of hydrogen-bond acceptors (Lipinski definition) is 1. The number of rotatable bonds is 0. The molecule has 2 rings (SSSR count). The van der Waals surface area contributed by atoms with E-state index in [4.69, 9.17) is 23.2 Å². The van der Waals surface area contributed by atoms with Crippen LogP contribution < -0.4 is 0 Å². The lowest BCUT2D eigenvalue weighted by Gasteiger charge is -2.00. The lowest BCUT2D eigenvalue weighted by Crippen LogP contribution is -1.75. The van der Waals surface area contributed by atoms with Crippen LogP contribution in [0.3, 0.4) is 0 Å². The van der Waals surface area contributed by atoms with E-state index in [1.54, 1.807) is 17.4 Å². The summed E-state index contributed by atoms with van der Waals surface area (Å²) in [5.41, 5.74) is 1.12. The molecule has 0 nitrogen and oxygen atoms in total. The molecule has 0 saturated carbocycles. The second-order valence-electron chi connectivity index (χ2n) is 2.63. The van der Waals surface area contributed by atoms with Gasteiger partial charge >= 0.3 is 0 Å². The minimum atomic E-state index is 0.738. The first-order valence-electron chi connectivity index (χ1n) is 3.52. The third-order valence-electron chi connectivity index (χ3n) is 1.87. The maximum atomic E-state index is 6.00. The highest BCUT2D eigenvalue weighted by Crippen LogP contribution is 2.35. The minimum Gasteiger partial charge on any atom is -0.143 e. The summed E-state index contributed by atoms with van der Waals surface area (Å²) in [5, 5.41) is 4.61. The lowest BCUT2D eigenvalue weighted by molar-refractivity contribution is 1.56. The molecule has 0 aliphatic heterocycles. The molecule has 0 fully saturated rings. The van der Waals surface area contributed by atoms with Crippen molar-refractivity contribution >= 4 is 44.6 Å². The number of halogens is 2. The molecule has 1 aromatic heterocycles. The van der Waals surface area contributed by atoms with Crippen molar-refractivity contribution in [1.29, 1.82) is 0 Å². The van der Waals surface area contributed by atoms with Crippen LogP contribution in [0, 0.1) is 6.92 Å². The maximum absolute atomic E-state index is 6.00. The molecule has 0 atom stereocenters. The Morgan fingerprint density at radius 3 is 2.75 bits per heavy atom. The molecule has 12 heavy (non-hydrogen) atoms. The highest BCUT2D eigenvalue weighted by atomic mass is 35.5. The molecule has 0 aliphatic rings. The van der Waals surface area contributed by atoms with Crippen LogP contribution in [0.25, 0.3) is 10.1 Å². The maximum Gasteiger partial charge on any atom is 0.0507 e. The van der Waals surface area contributed by atoms with E-state index in [1.807, 2.05) is 18.4 Å². The van der Waals surface area contributed by atoms with Gasteiger partial charge in [-0.2, -0.15) is 0 Å². The molecule has 3 heteroatoms. The Hall–Kier alpha value is -0.240. The Kier molecular flexibility index (Phi) is 2.03. The van der Waals surface area contributed by atoms with Crippen LogP contribution in [0.5, 0.6) is 0 Å². The SMILES string of the molecule is Cc1c(Cl)cc(Cl)c2ccsc12. The van der Waals surface area contributed by atoms with Crippen LogP contribution in [0.1, 0.15) is 5.56 Å². The zero-order valence-corrected chi connectivity index (χ0v) is 8.72. The summed E-state index contributed by atoms with van der Waals surface area (Å²) in [7, 11) is 0. The average molecular weight is 217 g/mol. The van der Waals surface area contributed by atoms with Gasteiger partial charge in [-0.05, 0) is 30.0 Å². The first kappa shape index (κ1) is 8.36. The largest absolute Gasteiger partial charge is 0.143 e. The molecule has 0 spiro atoms. The molecular weight excluding hydrogens is 211 g/mol. The van der Waals surface area contributed by atoms with Crippen molar-refractivity contribution in [1.82, 2.24) is 0 Å². The summed E-state index contributed by atoms with van der Waals surface area (Å²) >= 11 is 13.6. The van der Waals surface area contributed by atoms with Crippen molar-refractivity contribution in [3.8, 4) is 0 Å². The third kappa shape index (κ3) is 1.13. The van der Waals surface area contributed by atoms with Gasteiger partial charge in [-0.3, -0.25) is 0 Å². The van der Waals surface area contributed by atoms with Crippen molar-refractivity contribution in [3.63, 3.8) is 0 Å². The fraction of sp³-hybridized carbons (Fsp3) is 0.111. The van der Waals surface area contributed by atoms with Gasteiger partial charge in [0.05, 0.1) is 5.02 Å². The van der Waals surface area contributed by atoms with Crippen molar-refractivity contribution in [2.45, 2.75) is 6.92 Å². The molecule has 0 N–H and O–H groups in total. The van der Waals surface area contributed by atoms with Gasteiger partial charge in [0.1, 0.15) is 0 Å². The summed E-state index contributed by atoms with van der Waals surface area (Å²) in [6.45, 7) is 2.01. The first-order valence-corrected chi connectivity index (χ1v) is 5.15. The third-order valence-corrected chi connectivity index (χ3v) is 3.61. The number of benzene rings is 1. The van der Waals surface area contributed by atoms with Gasteiger partial charge in [0.25, 0.3) is 0 Å². The van der Waals surface area contributed by atoms with Crippen molar-refractivity contribution in [2.24, 2.45) is 0 Å². The fourth-order valence-electron chi connectivity index (χ4n) is 1.19. The number of thiophene rings is 1. The van der Waals surface area contributed by atoms with E-state index < -0.39 is 0 Å². The molecule has 0 saturated heterocycles. The average Bonchev–Trinajstić information content (AvgIpc) is 2.48. The van der Waals surface area contributed by atoms with E-state index in [0.29, 0.717) is 0 Å². The topological polar surface area (TPSA) is 0 Å². The van der Waals surface area contributed by atoms with Crippen LogP contribution in [0.2, 0.25) is 10.0 Å². The van der Waals surface area contributed by atoms with Gasteiger partial charge in [-0.15, -0.1) is 11.3 Å². The summed E-state index contributed by atoms with van der Waals surface area (Å²) in [6.07, 6.45) is 0. The summed E-state index contributed by atoms with van der Waals surface area (Å²) in [5.74, 6) is 0. The van der Waals surface area contributed by atoms with E-state index in [2.05, 4.69) is 0 Å². The Morgan fingerprint density at radius 2 is 2.00 bits per heavy atom. The second-order valence-corrected chi connectivity index (χ2v) is 4.36. The van der Waals surface area contributed by atoms with E-state index in [1.165, 1.54) is 4.70 Å². The first-order chi connectivity index (χ1) is 5.70. The monoisotopic (exact) mass is 216 g/mol. The Morgan fingerprint density at radius 1 is 1.25 bits per heavy atom. The quantitative estimate of drug-likeness (QED) is 0.608. The summed E-state index contributed by atoms with van der Waals surface area (Å²) < 4.78 is 1.19. The predicted octanol–water partition coefficient (Wildman–Crippen LogP) is 4.52. The van der Waals surface area contributed by atoms with Crippen molar-refractivity contribution in [2.75, 3.05) is 0 Å². The highest BCUT2D eigenvalue weighted by molar-refractivity contribution is 7.17. The molecule has 0 radical (unpaired) electrons. The van der Waals surface area contributed by atoms with E-state index in [0.717, 1.165) is 21.0 Å². The van der Waals surface area contributed by atoms with Gasteiger partial charge < -0.3 is 0 Å². The number of aryl methyl sites for hydroxylation is 1. The van der Waals surface area contributed by atoms with Gasteiger partial charge in [-0.25, -0.2) is 0 Å². The van der Waals surface area contributed by atoms with Crippen molar-refractivity contribution in [3.05, 3.63) is 33.1 Å². The molecule has 2 aromatic rings. The zero-order valence-electron chi connectivity index (χ0n) is 6.40. The molecule has 62 valence electrons. The normalized spacial score (nSPS) is 10.9. The lowest BCUT2D eigenvalue weighted by atomic mass is 10.2. The van der Waals surface area contributed by atoms with Crippen LogP contribution in [-0.4, -0.2) is 0 Å². The predicted molar refractivity (Wildman–Crippen MR) is 56.6 cm³/mol. The van der Waals surface area contributed by atoms with E-state index in [-0.39, 0.29) is 0 Å². The van der Waals surface area contributed by atoms with Crippen LogP contribution in [-0.2, 0) is 0 Å². The smallest absolute Gasteiger partial charge is 0.0507 e. The highest BCUT2D eigenvalue weighted by Gasteiger charge is 2.06. The standard InChI is InChI=1S/C9H6Cl2S/c1-5-7(10)4-8(11)6-2-3-12-9(5)6/h2-4H,1H3. The van der Waals surface area contributed by atoms with Crippen LogP contribution in [0.4, 0.5) is 0 Å². The molecule has 1 aromatic carbocycles. The summed E-state index contributed by atoms with van der Waals surface area (Å²) in [6, 6.07) is 3.82. The molecule has 0 aliphatic carbocycles. The summed E-state index contributed by atoms with van der Waals surface area (Å²) in [4.78, 5) is 0. The van der Waals surface area contributed by atoms with E-state index >= 15 is 0 Å². The van der Waals surface area contributed by atoms with Gasteiger partial charge in [0, 0.05) is 15.1 Å². The molecule has 1 heterocycles. The van der Waals surface area contributed by atoms with Crippen LogP contribution in [0.15, 0.2) is 17.5 Å².